The van der Waals surface area contributed by atoms with Gasteiger partial charge in [0.25, 0.3) is 6.43 Å². The second-order valence-corrected chi connectivity index (χ2v) is 2.56. The molecule has 1 heterocycles. The Balaban J connectivity index is 2.64. The fourth-order valence-corrected chi connectivity index (χ4v) is 0.922. The third-order valence-corrected chi connectivity index (χ3v) is 1.68. The van der Waals surface area contributed by atoms with E-state index in [1.54, 1.807) is 0 Å². The number of nitrogens with one attached hydrogen (secondary N) is 1. The molecule has 1 aliphatic rings. The van der Waals surface area contributed by atoms with Gasteiger partial charge >= 0.3 is 6.03 Å². The zero-order valence-corrected chi connectivity index (χ0v) is 6.38. The first kappa shape index (κ1) is 8.89. The lowest BCUT2D eigenvalue weighted by Gasteiger charge is -2.20. The standard InChI is InChI=1S/C6H8F2N2O2/c1-3(5(7)8)10-2-4(11)9-6(10)12/h3,5H,2H2,1H3,(H,9,11,12). The molecular formula is C6H8F2N2O2. The summed E-state index contributed by atoms with van der Waals surface area (Å²) in [6.45, 7) is 0.924. The first-order valence-electron chi connectivity index (χ1n) is 3.41. The maximum Gasteiger partial charge on any atom is 0.325 e. The van der Waals surface area contributed by atoms with Gasteiger partial charge in [0.15, 0.2) is 0 Å². The van der Waals surface area contributed by atoms with Crippen molar-refractivity contribution in [2.24, 2.45) is 0 Å². The molecule has 1 rings (SSSR count). The molecule has 4 nitrogen and oxygen atoms in total. The van der Waals surface area contributed by atoms with Gasteiger partial charge in [-0.05, 0) is 6.92 Å². The molecular weight excluding hydrogens is 170 g/mol. The van der Waals surface area contributed by atoms with Crippen molar-refractivity contribution in [3.8, 4) is 0 Å². The summed E-state index contributed by atoms with van der Waals surface area (Å²) in [5, 5.41) is 1.92. The minimum absolute atomic E-state index is 0.273. The second kappa shape index (κ2) is 3.04. The third-order valence-electron chi connectivity index (χ3n) is 1.68. The molecule has 1 N–H and O–H groups in total. The minimum Gasteiger partial charge on any atom is -0.307 e. The zero-order valence-electron chi connectivity index (χ0n) is 6.38. The lowest BCUT2D eigenvalue weighted by molar-refractivity contribution is -0.118. The van der Waals surface area contributed by atoms with Gasteiger partial charge < -0.3 is 4.90 Å². The third kappa shape index (κ3) is 1.51. The quantitative estimate of drug-likeness (QED) is 0.613. The maximum absolute atomic E-state index is 12.0. The van der Waals surface area contributed by atoms with Crippen molar-refractivity contribution in [1.29, 1.82) is 0 Å². The highest BCUT2D eigenvalue weighted by atomic mass is 19.3. The molecule has 0 radical (unpaired) electrons. The van der Waals surface area contributed by atoms with Crippen LogP contribution in [0, 0.1) is 0 Å². The van der Waals surface area contributed by atoms with Crippen LogP contribution in [0.3, 0.4) is 0 Å². The molecule has 0 saturated carbocycles. The SMILES string of the molecule is CC(C(F)F)N1CC(=O)NC1=O. The van der Waals surface area contributed by atoms with Gasteiger partial charge in [-0.3, -0.25) is 10.1 Å². The monoisotopic (exact) mass is 178 g/mol. The van der Waals surface area contributed by atoms with Crippen LogP contribution in [0.25, 0.3) is 0 Å². The minimum atomic E-state index is -2.62. The average Bonchev–Trinajstić information content (AvgIpc) is 2.28. The van der Waals surface area contributed by atoms with E-state index in [0.717, 1.165) is 4.90 Å². The molecule has 0 aromatic carbocycles. The summed E-state index contributed by atoms with van der Waals surface area (Å²) in [4.78, 5) is 22.2. The Morgan fingerprint density at radius 1 is 1.50 bits per heavy atom. The summed E-state index contributed by atoms with van der Waals surface area (Å²) in [5.74, 6) is -0.535. The zero-order chi connectivity index (χ0) is 9.30. The number of halogens is 2. The van der Waals surface area contributed by atoms with Crippen LogP contribution in [0.4, 0.5) is 13.6 Å². The molecule has 12 heavy (non-hydrogen) atoms. The van der Waals surface area contributed by atoms with E-state index in [9.17, 15) is 18.4 Å². The van der Waals surface area contributed by atoms with E-state index in [2.05, 4.69) is 0 Å². The highest BCUT2D eigenvalue weighted by Gasteiger charge is 2.34. The van der Waals surface area contributed by atoms with E-state index < -0.39 is 24.4 Å². The Kier molecular flexibility index (Phi) is 2.25. The molecule has 68 valence electrons. The normalized spacial score (nSPS) is 20.2. The topological polar surface area (TPSA) is 49.4 Å². The van der Waals surface area contributed by atoms with E-state index in [4.69, 9.17) is 0 Å². The molecule has 0 bridgehead atoms. The summed E-state index contributed by atoms with van der Waals surface area (Å²) in [7, 11) is 0. The molecule has 0 aromatic heterocycles. The van der Waals surface area contributed by atoms with E-state index in [1.165, 1.54) is 6.92 Å². The molecule has 0 aromatic rings. The van der Waals surface area contributed by atoms with Crippen molar-refractivity contribution >= 4 is 11.9 Å². The van der Waals surface area contributed by atoms with Crippen LogP contribution in [0.1, 0.15) is 6.92 Å². The van der Waals surface area contributed by atoms with Gasteiger partial charge in [-0.15, -0.1) is 0 Å². The molecule has 6 heteroatoms. The molecule has 0 spiro atoms. The van der Waals surface area contributed by atoms with Crippen molar-refractivity contribution in [1.82, 2.24) is 10.2 Å². The van der Waals surface area contributed by atoms with Crippen molar-refractivity contribution in [2.45, 2.75) is 19.4 Å². The maximum atomic E-state index is 12.0. The molecule has 0 aliphatic carbocycles. The smallest absolute Gasteiger partial charge is 0.307 e. The number of nitrogens with zero attached hydrogens (tertiary/aromatic N) is 1. The van der Waals surface area contributed by atoms with Gasteiger partial charge in [0.1, 0.15) is 6.54 Å². The summed E-state index contributed by atoms with van der Waals surface area (Å²) in [6.07, 6.45) is -2.62. The molecule has 1 saturated heterocycles. The van der Waals surface area contributed by atoms with Gasteiger partial charge in [0.2, 0.25) is 5.91 Å². The second-order valence-electron chi connectivity index (χ2n) is 2.56. The average molecular weight is 178 g/mol. The summed E-state index contributed by atoms with van der Waals surface area (Å²) >= 11 is 0. The Labute approximate surface area is 67.5 Å². The number of alkyl halides is 2. The van der Waals surface area contributed by atoms with Crippen molar-refractivity contribution in [3.63, 3.8) is 0 Å². The molecule has 1 aliphatic heterocycles. The van der Waals surface area contributed by atoms with Crippen LogP contribution in [0.5, 0.6) is 0 Å². The Hall–Kier alpha value is -1.20. The van der Waals surface area contributed by atoms with Crippen LogP contribution in [-0.4, -0.2) is 35.9 Å². The van der Waals surface area contributed by atoms with Crippen LogP contribution in [0.2, 0.25) is 0 Å². The Morgan fingerprint density at radius 3 is 2.42 bits per heavy atom. The largest absolute Gasteiger partial charge is 0.325 e. The van der Waals surface area contributed by atoms with E-state index in [0.29, 0.717) is 0 Å². The molecule has 1 atom stereocenters. The van der Waals surface area contributed by atoms with Gasteiger partial charge in [-0.1, -0.05) is 0 Å². The lowest BCUT2D eigenvalue weighted by Crippen LogP contribution is -2.40. The van der Waals surface area contributed by atoms with Gasteiger partial charge in [-0.25, -0.2) is 13.6 Å². The predicted molar refractivity (Wildman–Crippen MR) is 35.7 cm³/mol. The number of imide groups is 1. The Bertz CT molecular complexity index is 220. The van der Waals surface area contributed by atoms with E-state index >= 15 is 0 Å². The predicted octanol–water partition coefficient (Wildman–Crippen LogP) is 0.192. The lowest BCUT2D eigenvalue weighted by atomic mass is 10.3. The fourth-order valence-electron chi connectivity index (χ4n) is 0.922. The fraction of sp³-hybridized carbons (Fsp3) is 0.667. The highest BCUT2D eigenvalue weighted by Crippen LogP contribution is 2.11. The highest BCUT2D eigenvalue weighted by molar-refractivity contribution is 6.02. The van der Waals surface area contributed by atoms with Gasteiger partial charge in [0.05, 0.1) is 6.04 Å². The number of rotatable bonds is 2. The first-order valence-corrected chi connectivity index (χ1v) is 3.41. The van der Waals surface area contributed by atoms with Crippen LogP contribution in [0.15, 0.2) is 0 Å². The van der Waals surface area contributed by atoms with Crippen LogP contribution in [-0.2, 0) is 4.79 Å². The van der Waals surface area contributed by atoms with Gasteiger partial charge in [-0.2, -0.15) is 0 Å². The Morgan fingerprint density at radius 2 is 2.08 bits per heavy atom. The summed E-state index contributed by atoms with van der Waals surface area (Å²) < 4.78 is 24.1. The number of carbonyl (C=O) groups excluding carboxylic acids is 2. The molecule has 3 amide bonds. The number of amides is 3. The van der Waals surface area contributed by atoms with Crippen molar-refractivity contribution in [2.75, 3.05) is 6.54 Å². The van der Waals surface area contributed by atoms with Crippen LogP contribution < -0.4 is 5.32 Å². The number of carbonyl (C=O) groups is 2. The van der Waals surface area contributed by atoms with E-state index in [1.807, 2.05) is 5.32 Å². The molecule has 1 unspecified atom stereocenters. The van der Waals surface area contributed by atoms with Crippen molar-refractivity contribution < 1.29 is 18.4 Å². The van der Waals surface area contributed by atoms with Gasteiger partial charge in [0, 0.05) is 0 Å². The summed E-state index contributed by atoms with van der Waals surface area (Å²) in [5.41, 5.74) is 0. The van der Waals surface area contributed by atoms with E-state index in [-0.39, 0.29) is 6.54 Å². The van der Waals surface area contributed by atoms with Crippen LogP contribution >= 0.6 is 0 Å². The number of hydrogen-bond donors (Lipinski definition) is 1. The number of urea groups is 1. The first-order chi connectivity index (χ1) is 5.52. The molecule has 1 fully saturated rings. The number of hydrogen-bond acceptors (Lipinski definition) is 2. The van der Waals surface area contributed by atoms with Crippen molar-refractivity contribution in [3.05, 3.63) is 0 Å². The summed E-state index contributed by atoms with van der Waals surface area (Å²) in [6, 6.07) is -1.95.